The van der Waals surface area contributed by atoms with E-state index in [4.69, 9.17) is 4.42 Å². The van der Waals surface area contributed by atoms with Crippen molar-refractivity contribution in [1.82, 2.24) is 5.10 Å². The quantitative estimate of drug-likeness (QED) is 0.522. The molecule has 0 fully saturated rings. The average Bonchev–Trinajstić information content (AvgIpc) is 2.14. The van der Waals surface area contributed by atoms with Crippen LogP contribution < -0.4 is 5.10 Å². The van der Waals surface area contributed by atoms with Crippen LogP contribution in [0, 0.1) is 6.92 Å². The van der Waals surface area contributed by atoms with Crippen LogP contribution in [0.5, 0.6) is 0 Å². The molecule has 1 rings (SSSR count). The Kier molecular flexibility index (Phi) is 1.82. The molecule has 1 heterocycles. The fraction of sp³-hybridized carbons (Fsp3) is 0.500. The highest BCUT2D eigenvalue weighted by atomic mass is 127. The monoisotopic (exact) mass is 225 g/mol. The first kappa shape index (κ1) is 6.00. The topological polar surface area (TPSA) is 40.2 Å². The fourth-order valence-corrected chi connectivity index (χ4v) is 0.748. The second-order valence-electron chi connectivity index (χ2n) is 1.40. The van der Waals surface area contributed by atoms with E-state index in [0.717, 1.165) is 10.3 Å². The Morgan fingerprint density at radius 3 is 2.88 bits per heavy atom. The molecule has 0 bridgehead atoms. The van der Waals surface area contributed by atoms with Crippen LogP contribution >= 0.6 is 22.6 Å². The van der Waals surface area contributed by atoms with Gasteiger partial charge in [-0.2, -0.15) is 0 Å². The Bertz CT molecular complexity index is 174. The van der Waals surface area contributed by atoms with Crippen molar-refractivity contribution >= 4 is 22.6 Å². The van der Waals surface area contributed by atoms with Gasteiger partial charge in [-0.1, -0.05) is 27.7 Å². The largest absolute Gasteiger partial charge is 0.386 e. The Morgan fingerprint density at radius 1 is 1.88 bits per heavy atom. The molecule has 4 heteroatoms. The molecular weight excluding hydrogens is 219 g/mol. The summed E-state index contributed by atoms with van der Waals surface area (Å²) in [5.41, 5.74) is 0. The highest BCUT2D eigenvalue weighted by Gasteiger charge is 2.04. The first-order chi connectivity index (χ1) is 3.83. The van der Waals surface area contributed by atoms with Crippen molar-refractivity contribution in [3.05, 3.63) is 11.8 Å². The number of nitrogens with zero attached hydrogens (tertiary/aromatic N) is 1. The van der Waals surface area contributed by atoms with E-state index in [1.54, 1.807) is 0 Å². The lowest BCUT2D eigenvalue weighted by molar-refractivity contribution is -0.465. The van der Waals surface area contributed by atoms with Crippen LogP contribution in [-0.2, 0) is 4.43 Å². The third kappa shape index (κ3) is 1.18. The summed E-state index contributed by atoms with van der Waals surface area (Å²) < 4.78 is 5.90. The molecule has 44 valence electrons. The molecule has 0 aliphatic carbocycles. The number of halogens is 1. The Balaban J connectivity index is 2.84. The highest BCUT2D eigenvalue weighted by Crippen LogP contribution is 1.98. The molecule has 0 unspecified atom stereocenters. The standard InChI is InChI=1S/C4H5IN2O/c1-3-6-7-4(2-5)8-3/h2H2,1H3/p+1. The molecule has 0 aromatic carbocycles. The minimum Gasteiger partial charge on any atom is -0.386 e. The van der Waals surface area contributed by atoms with Gasteiger partial charge in [0.1, 0.15) is 4.43 Å². The van der Waals surface area contributed by atoms with E-state index in [0.29, 0.717) is 5.89 Å². The van der Waals surface area contributed by atoms with Crippen LogP contribution in [0.1, 0.15) is 11.8 Å². The van der Waals surface area contributed by atoms with Gasteiger partial charge in [-0.3, -0.25) is 0 Å². The summed E-state index contributed by atoms with van der Waals surface area (Å²) in [6, 6.07) is 0. The first-order valence-electron chi connectivity index (χ1n) is 2.23. The van der Waals surface area contributed by atoms with E-state index >= 15 is 0 Å². The molecule has 0 spiro atoms. The number of aryl methyl sites for hydroxylation is 1. The number of rotatable bonds is 1. The Labute approximate surface area is 60.6 Å². The van der Waals surface area contributed by atoms with Gasteiger partial charge in [-0.05, 0) is 0 Å². The molecule has 0 amide bonds. The van der Waals surface area contributed by atoms with Crippen LogP contribution in [-0.4, -0.2) is 5.10 Å². The van der Waals surface area contributed by atoms with Crippen LogP contribution in [0.25, 0.3) is 0 Å². The van der Waals surface area contributed by atoms with Crippen molar-refractivity contribution in [2.75, 3.05) is 0 Å². The molecule has 3 nitrogen and oxygen atoms in total. The second kappa shape index (κ2) is 2.43. The van der Waals surface area contributed by atoms with Gasteiger partial charge in [-0.25, -0.2) is 0 Å². The van der Waals surface area contributed by atoms with Crippen LogP contribution in [0.15, 0.2) is 4.42 Å². The second-order valence-corrected chi connectivity index (χ2v) is 2.16. The lowest BCUT2D eigenvalue weighted by Gasteiger charge is -1.69. The predicted octanol–water partition coefficient (Wildman–Crippen LogP) is 0.732. The minimum absolute atomic E-state index is 0.691. The Hall–Kier alpha value is -0.130. The summed E-state index contributed by atoms with van der Waals surface area (Å²) in [6.07, 6.45) is 0. The summed E-state index contributed by atoms with van der Waals surface area (Å²) in [5, 5.41) is 6.52. The number of hydrogen-bond acceptors (Lipinski definition) is 2. The first-order valence-corrected chi connectivity index (χ1v) is 3.75. The third-order valence-electron chi connectivity index (χ3n) is 0.730. The maximum absolute atomic E-state index is 5.06. The average molecular weight is 225 g/mol. The number of nitrogens with one attached hydrogen (secondary N) is 1. The zero-order valence-electron chi connectivity index (χ0n) is 4.44. The molecular formula is C4H6IN2O+. The molecule has 0 atom stereocenters. The van der Waals surface area contributed by atoms with Gasteiger partial charge in [0.15, 0.2) is 0 Å². The zero-order valence-corrected chi connectivity index (χ0v) is 6.60. The zero-order chi connectivity index (χ0) is 5.98. The van der Waals surface area contributed by atoms with E-state index in [1.165, 1.54) is 0 Å². The molecule has 0 aliphatic heterocycles. The molecule has 1 N–H and O–H groups in total. The molecule has 0 saturated heterocycles. The lowest BCUT2D eigenvalue weighted by atomic mass is 10.8. The molecule has 1 aromatic heterocycles. The number of alkyl halides is 1. The summed E-state index contributed by atoms with van der Waals surface area (Å²) in [7, 11) is 0. The fourth-order valence-electron chi connectivity index (χ4n) is 0.422. The molecule has 1 aromatic rings. The summed E-state index contributed by atoms with van der Waals surface area (Å²) >= 11 is 2.20. The van der Waals surface area contributed by atoms with Crippen molar-refractivity contribution in [3.8, 4) is 0 Å². The molecule has 0 saturated carbocycles. The van der Waals surface area contributed by atoms with Gasteiger partial charge in [-0.15, -0.1) is 0 Å². The van der Waals surface area contributed by atoms with Gasteiger partial charge >= 0.3 is 5.89 Å². The van der Waals surface area contributed by atoms with E-state index in [-0.39, 0.29) is 0 Å². The normalized spacial score (nSPS) is 9.75. The summed E-state index contributed by atoms with van der Waals surface area (Å²) in [5.74, 6) is 1.51. The number of aromatic nitrogens is 2. The van der Waals surface area contributed by atoms with Crippen molar-refractivity contribution in [2.45, 2.75) is 11.4 Å². The van der Waals surface area contributed by atoms with Gasteiger partial charge < -0.3 is 4.42 Å². The number of H-pyrrole nitrogens is 1. The minimum atomic E-state index is 0.691. The molecule has 0 radical (unpaired) electrons. The van der Waals surface area contributed by atoms with E-state index in [9.17, 15) is 0 Å². The van der Waals surface area contributed by atoms with E-state index in [1.807, 2.05) is 6.92 Å². The maximum atomic E-state index is 5.06. The predicted molar refractivity (Wildman–Crippen MR) is 35.5 cm³/mol. The van der Waals surface area contributed by atoms with Crippen LogP contribution in [0.2, 0.25) is 0 Å². The highest BCUT2D eigenvalue weighted by molar-refractivity contribution is 14.1. The van der Waals surface area contributed by atoms with Crippen LogP contribution in [0.3, 0.4) is 0 Å². The maximum Gasteiger partial charge on any atom is 0.382 e. The third-order valence-corrected chi connectivity index (χ3v) is 1.42. The van der Waals surface area contributed by atoms with E-state index in [2.05, 4.69) is 32.8 Å². The smallest absolute Gasteiger partial charge is 0.382 e. The molecule has 8 heavy (non-hydrogen) atoms. The molecule has 0 aliphatic rings. The van der Waals surface area contributed by atoms with Crippen LogP contribution in [0.4, 0.5) is 0 Å². The number of aromatic amines is 1. The van der Waals surface area contributed by atoms with E-state index < -0.39 is 0 Å². The van der Waals surface area contributed by atoms with Gasteiger partial charge in [0.25, 0.3) is 5.89 Å². The van der Waals surface area contributed by atoms with Gasteiger partial charge in [0, 0.05) is 12.0 Å². The van der Waals surface area contributed by atoms with Gasteiger partial charge in [0.2, 0.25) is 0 Å². The Morgan fingerprint density at radius 2 is 2.62 bits per heavy atom. The van der Waals surface area contributed by atoms with Crippen molar-refractivity contribution in [2.24, 2.45) is 0 Å². The number of hydrogen-bond donors (Lipinski definition) is 0. The van der Waals surface area contributed by atoms with Crippen molar-refractivity contribution in [1.29, 1.82) is 0 Å². The summed E-state index contributed by atoms with van der Waals surface area (Å²) in [4.78, 5) is 0. The lowest BCUT2D eigenvalue weighted by Crippen LogP contribution is -2.06. The van der Waals surface area contributed by atoms with Crippen molar-refractivity contribution in [3.63, 3.8) is 0 Å². The SMILES string of the molecule is Cc1n[nH+]c(CI)o1. The van der Waals surface area contributed by atoms with Crippen molar-refractivity contribution < 1.29 is 9.52 Å². The summed E-state index contributed by atoms with van der Waals surface area (Å²) in [6.45, 7) is 1.81. The van der Waals surface area contributed by atoms with Gasteiger partial charge in [0.05, 0.1) is 0 Å².